The van der Waals surface area contributed by atoms with Crippen LogP contribution < -0.4 is 4.90 Å². The third-order valence-corrected chi connectivity index (χ3v) is 3.94. The zero-order chi connectivity index (χ0) is 15.5. The lowest BCUT2D eigenvalue weighted by Crippen LogP contribution is -2.50. The van der Waals surface area contributed by atoms with Crippen LogP contribution in [0.5, 0.6) is 0 Å². The molecule has 0 aromatic heterocycles. The molecule has 20 heavy (non-hydrogen) atoms. The molecule has 0 saturated carbocycles. The van der Waals surface area contributed by atoms with Gasteiger partial charge in [0.2, 0.25) is 0 Å². The topological polar surface area (TPSA) is 43.8 Å². The number of anilines is 1. The molecule has 0 heterocycles. The van der Waals surface area contributed by atoms with Crippen LogP contribution in [-0.4, -0.2) is 42.2 Å². The van der Waals surface area contributed by atoms with E-state index in [1.807, 2.05) is 30.8 Å². The Hall–Kier alpha value is -1.55. The number of benzene rings is 1. The first-order valence-electron chi connectivity index (χ1n) is 6.99. The third kappa shape index (κ3) is 3.31. The van der Waals surface area contributed by atoms with Gasteiger partial charge >= 0.3 is 5.97 Å². The van der Waals surface area contributed by atoms with Gasteiger partial charge in [0, 0.05) is 25.8 Å². The van der Waals surface area contributed by atoms with E-state index in [1.165, 1.54) is 0 Å². The van der Waals surface area contributed by atoms with Gasteiger partial charge in [-0.05, 0) is 45.0 Å². The second kappa shape index (κ2) is 6.27. The summed E-state index contributed by atoms with van der Waals surface area (Å²) in [4.78, 5) is 15.5. The van der Waals surface area contributed by atoms with Crippen molar-refractivity contribution in [2.75, 3.05) is 25.5 Å². The molecule has 0 amide bonds. The second-order valence-electron chi connectivity index (χ2n) is 5.81. The van der Waals surface area contributed by atoms with Crippen LogP contribution in [0.2, 0.25) is 0 Å². The van der Waals surface area contributed by atoms with Crippen molar-refractivity contribution in [3.8, 4) is 0 Å². The molecular weight excluding hydrogens is 252 g/mol. The molecule has 0 aliphatic carbocycles. The first-order chi connectivity index (χ1) is 9.21. The van der Waals surface area contributed by atoms with Crippen molar-refractivity contribution in [2.45, 2.75) is 39.3 Å². The minimum absolute atomic E-state index is 0.0577. The summed E-state index contributed by atoms with van der Waals surface area (Å²) in [6.45, 7) is 8.25. The lowest BCUT2D eigenvalue weighted by atomic mass is 9.97. The van der Waals surface area contributed by atoms with Crippen molar-refractivity contribution in [1.29, 1.82) is 0 Å². The van der Waals surface area contributed by atoms with Gasteiger partial charge in [0.15, 0.2) is 0 Å². The maximum atomic E-state index is 11.5. The predicted octanol–water partition coefficient (Wildman–Crippen LogP) is 3.00. The first kappa shape index (κ1) is 16.5. The molecule has 0 aliphatic rings. The van der Waals surface area contributed by atoms with Gasteiger partial charge in [-0.15, -0.1) is 0 Å². The quantitative estimate of drug-likeness (QED) is 0.868. The minimum Gasteiger partial charge on any atom is -0.480 e. The molecule has 4 heteroatoms. The number of likely N-dealkylation sites (N-methyl/N-ethyl adjacent to an activating group) is 1. The van der Waals surface area contributed by atoms with Gasteiger partial charge in [-0.2, -0.15) is 0 Å². The van der Waals surface area contributed by atoms with Gasteiger partial charge in [-0.3, -0.25) is 9.69 Å². The Bertz CT molecular complexity index is 452. The van der Waals surface area contributed by atoms with E-state index in [1.54, 1.807) is 13.8 Å². The fraction of sp³-hybridized carbons (Fsp3) is 0.562. The van der Waals surface area contributed by atoms with Crippen LogP contribution in [0.3, 0.4) is 0 Å². The Kier molecular flexibility index (Phi) is 5.17. The van der Waals surface area contributed by atoms with Crippen molar-refractivity contribution >= 4 is 11.7 Å². The number of hydrogen-bond donors (Lipinski definition) is 1. The van der Waals surface area contributed by atoms with E-state index in [-0.39, 0.29) is 6.04 Å². The summed E-state index contributed by atoms with van der Waals surface area (Å²) < 4.78 is 0. The van der Waals surface area contributed by atoms with Gasteiger partial charge in [-0.1, -0.05) is 19.1 Å². The minimum atomic E-state index is -0.881. The summed E-state index contributed by atoms with van der Waals surface area (Å²) in [6.07, 6.45) is 0. The van der Waals surface area contributed by atoms with Gasteiger partial charge in [0.25, 0.3) is 0 Å². The molecule has 4 nitrogen and oxygen atoms in total. The highest BCUT2D eigenvalue weighted by molar-refractivity contribution is 5.77. The molecule has 1 aromatic rings. The van der Waals surface area contributed by atoms with Crippen LogP contribution in [0, 0.1) is 0 Å². The van der Waals surface area contributed by atoms with Crippen molar-refractivity contribution in [3.05, 3.63) is 29.8 Å². The lowest BCUT2D eigenvalue weighted by molar-refractivity contribution is -0.150. The van der Waals surface area contributed by atoms with E-state index in [4.69, 9.17) is 0 Å². The summed E-state index contributed by atoms with van der Waals surface area (Å²) >= 11 is 0. The normalized spacial score (nSPS) is 13.3. The van der Waals surface area contributed by atoms with E-state index in [2.05, 4.69) is 31.2 Å². The molecule has 1 aromatic carbocycles. The van der Waals surface area contributed by atoms with Gasteiger partial charge < -0.3 is 10.0 Å². The first-order valence-corrected chi connectivity index (χ1v) is 6.99. The van der Waals surface area contributed by atoms with Gasteiger partial charge in [0.05, 0.1) is 0 Å². The highest BCUT2D eigenvalue weighted by Gasteiger charge is 2.36. The molecule has 0 aliphatic heterocycles. The Morgan fingerprint density at radius 2 is 1.75 bits per heavy atom. The third-order valence-electron chi connectivity index (χ3n) is 3.94. The van der Waals surface area contributed by atoms with Crippen LogP contribution in [0.1, 0.15) is 39.3 Å². The molecule has 0 fully saturated rings. The van der Waals surface area contributed by atoms with Crippen LogP contribution in [0.15, 0.2) is 24.3 Å². The standard InChI is InChI=1S/C16H26N2O2/c1-7-18(16(3,4)15(19)20)12(2)13-8-10-14(11-9-13)17(5)6/h8-12H,7H2,1-6H3,(H,19,20). The maximum absolute atomic E-state index is 11.5. The number of aliphatic carboxylic acids is 1. The SMILES string of the molecule is CCN(C(C)c1ccc(N(C)C)cc1)C(C)(C)C(=O)O. The van der Waals surface area contributed by atoms with Crippen LogP contribution in [0.4, 0.5) is 5.69 Å². The van der Waals surface area contributed by atoms with Crippen molar-refractivity contribution < 1.29 is 9.90 Å². The molecule has 0 radical (unpaired) electrons. The molecule has 1 N–H and O–H groups in total. The average molecular weight is 278 g/mol. The Morgan fingerprint density at radius 3 is 2.10 bits per heavy atom. The van der Waals surface area contributed by atoms with E-state index >= 15 is 0 Å². The number of rotatable bonds is 6. The number of hydrogen-bond acceptors (Lipinski definition) is 3. The number of nitrogens with zero attached hydrogens (tertiary/aromatic N) is 2. The average Bonchev–Trinajstić information content (AvgIpc) is 2.39. The fourth-order valence-electron chi connectivity index (χ4n) is 2.51. The van der Waals surface area contributed by atoms with E-state index < -0.39 is 11.5 Å². The molecule has 1 unspecified atom stereocenters. The van der Waals surface area contributed by atoms with Gasteiger partial charge in [0.1, 0.15) is 5.54 Å². The maximum Gasteiger partial charge on any atom is 0.323 e. The second-order valence-corrected chi connectivity index (χ2v) is 5.81. The zero-order valence-electron chi connectivity index (χ0n) is 13.3. The Labute approximate surface area is 122 Å². The van der Waals surface area contributed by atoms with Crippen molar-refractivity contribution in [3.63, 3.8) is 0 Å². The van der Waals surface area contributed by atoms with E-state index in [9.17, 15) is 9.90 Å². The van der Waals surface area contributed by atoms with Crippen LogP contribution >= 0.6 is 0 Å². The van der Waals surface area contributed by atoms with Crippen LogP contribution in [0.25, 0.3) is 0 Å². The molecule has 112 valence electrons. The Morgan fingerprint density at radius 1 is 1.25 bits per heavy atom. The number of carboxylic acid groups (broad SMARTS) is 1. The van der Waals surface area contributed by atoms with Crippen molar-refractivity contribution in [2.24, 2.45) is 0 Å². The zero-order valence-corrected chi connectivity index (χ0v) is 13.3. The van der Waals surface area contributed by atoms with Crippen LogP contribution in [-0.2, 0) is 4.79 Å². The Balaban J connectivity index is 3.02. The number of carboxylic acids is 1. The largest absolute Gasteiger partial charge is 0.480 e. The summed E-state index contributed by atoms with van der Waals surface area (Å²) in [5.41, 5.74) is 1.39. The summed E-state index contributed by atoms with van der Waals surface area (Å²) in [7, 11) is 4.01. The predicted molar refractivity (Wildman–Crippen MR) is 83.3 cm³/mol. The summed E-state index contributed by atoms with van der Waals surface area (Å²) in [6, 6.07) is 8.32. The highest BCUT2D eigenvalue weighted by atomic mass is 16.4. The van der Waals surface area contributed by atoms with Gasteiger partial charge in [-0.25, -0.2) is 0 Å². The summed E-state index contributed by atoms with van der Waals surface area (Å²) in [5, 5.41) is 9.41. The molecule has 0 spiro atoms. The number of carbonyl (C=O) groups is 1. The monoisotopic (exact) mass is 278 g/mol. The summed E-state index contributed by atoms with van der Waals surface area (Å²) in [5.74, 6) is -0.795. The molecular formula is C16H26N2O2. The molecule has 0 saturated heterocycles. The smallest absolute Gasteiger partial charge is 0.323 e. The highest BCUT2D eigenvalue weighted by Crippen LogP contribution is 2.29. The van der Waals surface area contributed by atoms with E-state index in [0.29, 0.717) is 6.54 Å². The molecule has 1 rings (SSSR count). The lowest BCUT2D eigenvalue weighted by Gasteiger charge is -2.39. The molecule has 1 atom stereocenters. The fourth-order valence-corrected chi connectivity index (χ4v) is 2.51. The molecule has 0 bridgehead atoms. The van der Waals surface area contributed by atoms with E-state index in [0.717, 1.165) is 11.3 Å². The van der Waals surface area contributed by atoms with Crippen molar-refractivity contribution in [1.82, 2.24) is 4.90 Å².